The number of likely N-dealkylation sites (tertiary alicyclic amines) is 1. The first-order chi connectivity index (χ1) is 8.63. The zero-order valence-electron chi connectivity index (χ0n) is 11.1. The number of hydrogen-bond acceptors (Lipinski definition) is 5. The summed E-state index contributed by atoms with van der Waals surface area (Å²) < 4.78 is 0. The Morgan fingerprint density at radius 3 is 3.00 bits per heavy atom. The van der Waals surface area contributed by atoms with Crippen molar-refractivity contribution in [1.29, 1.82) is 0 Å². The van der Waals surface area contributed by atoms with E-state index in [0.717, 1.165) is 24.6 Å². The van der Waals surface area contributed by atoms with Gasteiger partial charge in [-0.25, -0.2) is 0 Å². The standard InChI is InChI=1S/C12H20N4OS/c1-4-13-12-15-14-10(18-12)11(17)16-7-5-6-8(2)9(16)3/h8-9H,4-7H2,1-3H3,(H,13,15). The summed E-state index contributed by atoms with van der Waals surface area (Å²) in [7, 11) is 0. The van der Waals surface area contributed by atoms with E-state index < -0.39 is 0 Å². The quantitative estimate of drug-likeness (QED) is 0.913. The highest BCUT2D eigenvalue weighted by molar-refractivity contribution is 7.17. The van der Waals surface area contributed by atoms with Crippen LogP contribution in [0.5, 0.6) is 0 Å². The Kier molecular flexibility index (Phi) is 4.16. The second-order valence-corrected chi connectivity index (χ2v) is 5.78. The maximum absolute atomic E-state index is 12.4. The second kappa shape index (κ2) is 5.65. The van der Waals surface area contributed by atoms with Gasteiger partial charge in [-0.2, -0.15) is 0 Å². The predicted molar refractivity (Wildman–Crippen MR) is 73.0 cm³/mol. The van der Waals surface area contributed by atoms with Crippen molar-refractivity contribution >= 4 is 22.4 Å². The molecule has 0 aromatic carbocycles. The first-order valence-corrected chi connectivity index (χ1v) is 7.33. The average molecular weight is 268 g/mol. The molecule has 1 N–H and O–H groups in total. The van der Waals surface area contributed by atoms with E-state index in [0.29, 0.717) is 10.9 Å². The van der Waals surface area contributed by atoms with Crippen LogP contribution in [0.15, 0.2) is 0 Å². The van der Waals surface area contributed by atoms with Crippen LogP contribution < -0.4 is 5.32 Å². The third-order valence-electron chi connectivity index (χ3n) is 3.57. The van der Waals surface area contributed by atoms with Gasteiger partial charge in [-0.1, -0.05) is 18.3 Å². The van der Waals surface area contributed by atoms with Gasteiger partial charge in [-0.3, -0.25) is 4.79 Å². The van der Waals surface area contributed by atoms with Gasteiger partial charge in [0, 0.05) is 19.1 Å². The van der Waals surface area contributed by atoms with E-state index in [1.54, 1.807) is 0 Å². The molecule has 2 heterocycles. The zero-order valence-corrected chi connectivity index (χ0v) is 12.0. The molecule has 1 aromatic heterocycles. The molecule has 18 heavy (non-hydrogen) atoms. The van der Waals surface area contributed by atoms with Crippen molar-refractivity contribution in [2.24, 2.45) is 5.92 Å². The van der Waals surface area contributed by atoms with Crippen LogP contribution >= 0.6 is 11.3 Å². The molecule has 0 bridgehead atoms. The van der Waals surface area contributed by atoms with Gasteiger partial charge in [-0.05, 0) is 32.6 Å². The van der Waals surface area contributed by atoms with Crippen LogP contribution in [0.2, 0.25) is 0 Å². The molecule has 0 radical (unpaired) electrons. The Labute approximate surface area is 112 Å². The van der Waals surface area contributed by atoms with Gasteiger partial charge >= 0.3 is 0 Å². The van der Waals surface area contributed by atoms with E-state index >= 15 is 0 Å². The number of amides is 1. The summed E-state index contributed by atoms with van der Waals surface area (Å²) in [4.78, 5) is 14.3. The molecule has 1 aliphatic heterocycles. The smallest absolute Gasteiger partial charge is 0.285 e. The van der Waals surface area contributed by atoms with Gasteiger partial charge in [0.05, 0.1) is 0 Å². The number of anilines is 1. The topological polar surface area (TPSA) is 58.1 Å². The van der Waals surface area contributed by atoms with Crippen molar-refractivity contribution in [1.82, 2.24) is 15.1 Å². The minimum Gasteiger partial charge on any atom is -0.360 e. The molecule has 0 saturated carbocycles. The van der Waals surface area contributed by atoms with Gasteiger partial charge in [0.2, 0.25) is 10.1 Å². The van der Waals surface area contributed by atoms with Crippen molar-refractivity contribution < 1.29 is 4.79 Å². The van der Waals surface area contributed by atoms with E-state index in [-0.39, 0.29) is 11.9 Å². The molecule has 1 fully saturated rings. The third kappa shape index (κ3) is 2.63. The molecule has 1 saturated heterocycles. The van der Waals surface area contributed by atoms with E-state index in [1.807, 2.05) is 11.8 Å². The Balaban J connectivity index is 2.09. The minimum absolute atomic E-state index is 0.0238. The highest BCUT2D eigenvalue weighted by Crippen LogP contribution is 2.26. The maximum Gasteiger partial charge on any atom is 0.285 e. The van der Waals surface area contributed by atoms with Gasteiger partial charge in [0.1, 0.15) is 0 Å². The normalized spacial score (nSPS) is 24.1. The number of rotatable bonds is 3. The Bertz CT molecular complexity index is 420. The first-order valence-electron chi connectivity index (χ1n) is 6.51. The number of nitrogens with one attached hydrogen (secondary N) is 1. The van der Waals surface area contributed by atoms with Gasteiger partial charge in [0.25, 0.3) is 5.91 Å². The minimum atomic E-state index is 0.0238. The van der Waals surface area contributed by atoms with Crippen LogP contribution in [-0.2, 0) is 0 Å². The summed E-state index contributed by atoms with van der Waals surface area (Å²) in [5, 5.41) is 12.3. The van der Waals surface area contributed by atoms with Crippen molar-refractivity contribution in [2.75, 3.05) is 18.4 Å². The van der Waals surface area contributed by atoms with E-state index in [4.69, 9.17) is 0 Å². The van der Waals surface area contributed by atoms with Crippen LogP contribution in [0.3, 0.4) is 0 Å². The van der Waals surface area contributed by atoms with Gasteiger partial charge < -0.3 is 10.2 Å². The summed E-state index contributed by atoms with van der Waals surface area (Å²) in [6.45, 7) is 7.94. The summed E-state index contributed by atoms with van der Waals surface area (Å²) in [5.74, 6) is 0.583. The molecule has 6 heteroatoms. The number of carbonyl (C=O) groups excluding carboxylic acids is 1. The predicted octanol–water partition coefficient (Wildman–Crippen LogP) is 2.23. The SMILES string of the molecule is CCNc1nnc(C(=O)N2CCCC(C)C2C)s1. The van der Waals surface area contributed by atoms with Crippen molar-refractivity contribution in [3.8, 4) is 0 Å². The van der Waals surface area contributed by atoms with Crippen molar-refractivity contribution in [3.05, 3.63) is 5.01 Å². The van der Waals surface area contributed by atoms with Crippen LogP contribution in [-0.4, -0.2) is 40.1 Å². The molecule has 100 valence electrons. The molecule has 1 aliphatic rings. The van der Waals surface area contributed by atoms with Crippen LogP contribution in [0, 0.1) is 5.92 Å². The fraction of sp³-hybridized carbons (Fsp3) is 0.750. The van der Waals surface area contributed by atoms with E-state index in [1.165, 1.54) is 17.8 Å². The van der Waals surface area contributed by atoms with Gasteiger partial charge in [0.15, 0.2) is 0 Å². The molecule has 2 rings (SSSR count). The highest BCUT2D eigenvalue weighted by Gasteiger charge is 2.30. The second-order valence-electron chi connectivity index (χ2n) is 4.80. The number of carbonyl (C=O) groups is 1. The Hall–Kier alpha value is -1.17. The van der Waals surface area contributed by atoms with Crippen LogP contribution in [0.25, 0.3) is 0 Å². The maximum atomic E-state index is 12.4. The molecular formula is C12H20N4OS. The highest BCUT2D eigenvalue weighted by atomic mass is 32.1. The zero-order chi connectivity index (χ0) is 13.1. The fourth-order valence-corrected chi connectivity index (χ4v) is 3.04. The lowest BCUT2D eigenvalue weighted by atomic mass is 9.92. The summed E-state index contributed by atoms with van der Waals surface area (Å²) in [6, 6.07) is 0.290. The van der Waals surface area contributed by atoms with Gasteiger partial charge in [-0.15, -0.1) is 10.2 Å². The molecule has 2 unspecified atom stereocenters. The average Bonchev–Trinajstić information content (AvgIpc) is 2.81. The van der Waals surface area contributed by atoms with Crippen molar-refractivity contribution in [3.63, 3.8) is 0 Å². The largest absolute Gasteiger partial charge is 0.360 e. The summed E-state index contributed by atoms with van der Waals surface area (Å²) in [5.41, 5.74) is 0. The van der Waals surface area contributed by atoms with E-state index in [9.17, 15) is 4.79 Å². The molecule has 2 atom stereocenters. The number of hydrogen-bond donors (Lipinski definition) is 1. The fourth-order valence-electron chi connectivity index (χ4n) is 2.28. The summed E-state index contributed by atoms with van der Waals surface area (Å²) >= 11 is 1.34. The lowest BCUT2D eigenvalue weighted by Gasteiger charge is -2.37. The summed E-state index contributed by atoms with van der Waals surface area (Å²) in [6.07, 6.45) is 2.28. The van der Waals surface area contributed by atoms with Crippen molar-refractivity contribution in [2.45, 2.75) is 39.7 Å². The van der Waals surface area contributed by atoms with Crippen LogP contribution in [0.4, 0.5) is 5.13 Å². The molecule has 1 amide bonds. The molecule has 1 aromatic rings. The van der Waals surface area contributed by atoms with Crippen LogP contribution in [0.1, 0.15) is 43.4 Å². The Morgan fingerprint density at radius 2 is 2.28 bits per heavy atom. The molecule has 0 spiro atoms. The lowest BCUT2D eigenvalue weighted by molar-refractivity contribution is 0.0550. The first kappa shape index (κ1) is 13.3. The number of nitrogens with zero attached hydrogens (tertiary/aromatic N) is 3. The Morgan fingerprint density at radius 1 is 1.50 bits per heavy atom. The molecular weight excluding hydrogens is 248 g/mol. The monoisotopic (exact) mass is 268 g/mol. The number of aromatic nitrogens is 2. The third-order valence-corrected chi connectivity index (χ3v) is 4.44. The van der Waals surface area contributed by atoms with E-state index in [2.05, 4.69) is 29.4 Å². The molecule has 0 aliphatic carbocycles. The lowest BCUT2D eigenvalue weighted by Crippen LogP contribution is -2.46. The molecule has 5 nitrogen and oxygen atoms in total. The number of piperidine rings is 1.